The van der Waals surface area contributed by atoms with E-state index in [1.165, 1.54) is 38.5 Å². The van der Waals surface area contributed by atoms with Crippen molar-refractivity contribution in [2.24, 2.45) is 0 Å². The van der Waals surface area contributed by atoms with E-state index in [0.717, 1.165) is 36.3 Å². The van der Waals surface area contributed by atoms with E-state index >= 15 is 0 Å². The van der Waals surface area contributed by atoms with Crippen molar-refractivity contribution in [1.29, 1.82) is 0 Å². The van der Waals surface area contributed by atoms with Crippen LogP contribution in [0.15, 0.2) is 48.1 Å². The van der Waals surface area contributed by atoms with Gasteiger partial charge in [-0.25, -0.2) is 0 Å². The van der Waals surface area contributed by atoms with Gasteiger partial charge in [0.05, 0.1) is 12.3 Å². The van der Waals surface area contributed by atoms with Crippen LogP contribution in [-0.4, -0.2) is 42.8 Å². The smallest absolute Gasteiger partial charge is 0.212 e. The zero-order chi connectivity index (χ0) is 24.1. The van der Waals surface area contributed by atoms with Crippen LogP contribution in [0.1, 0.15) is 70.8 Å². The summed E-state index contributed by atoms with van der Waals surface area (Å²) in [5.74, 6) is 0.622. The topological polar surface area (TPSA) is 56.8 Å². The van der Waals surface area contributed by atoms with Gasteiger partial charge in [0, 0.05) is 25.2 Å². The highest BCUT2D eigenvalue weighted by Gasteiger charge is 2.34. The molecule has 1 aromatic rings. The molecule has 7 heteroatoms. The first-order chi connectivity index (χ1) is 16.0. The SMILES string of the molecule is C=C(C1=C(NC=O)NC(OCCCCCCCCC)N1Cc1ccc(Cl)cc1)N(C)CCC. The first kappa shape index (κ1) is 27.1. The van der Waals surface area contributed by atoms with Crippen molar-refractivity contribution in [3.8, 4) is 0 Å². The largest absolute Gasteiger partial charge is 0.373 e. The van der Waals surface area contributed by atoms with Gasteiger partial charge in [0.2, 0.25) is 12.8 Å². The number of hydrogen-bond donors (Lipinski definition) is 2. The third-order valence-corrected chi connectivity index (χ3v) is 6.11. The molecule has 0 aliphatic carbocycles. The molecule has 1 unspecified atom stereocenters. The summed E-state index contributed by atoms with van der Waals surface area (Å²) in [4.78, 5) is 15.6. The average Bonchev–Trinajstić information content (AvgIpc) is 3.13. The van der Waals surface area contributed by atoms with Crippen molar-refractivity contribution >= 4 is 18.0 Å². The number of likely N-dealkylation sites (N-methyl/N-ethyl adjacent to an activating group) is 1. The van der Waals surface area contributed by atoms with Gasteiger partial charge in [-0.3, -0.25) is 4.79 Å². The quantitative estimate of drug-likeness (QED) is 0.227. The lowest BCUT2D eigenvalue weighted by Gasteiger charge is -2.32. The number of ether oxygens (including phenoxy) is 1. The van der Waals surface area contributed by atoms with Crippen molar-refractivity contribution in [2.45, 2.75) is 78.1 Å². The van der Waals surface area contributed by atoms with Gasteiger partial charge in [0.15, 0.2) is 0 Å². The van der Waals surface area contributed by atoms with Crippen LogP contribution in [0.3, 0.4) is 0 Å². The van der Waals surface area contributed by atoms with Crippen LogP contribution in [0.4, 0.5) is 0 Å². The van der Waals surface area contributed by atoms with E-state index in [0.29, 0.717) is 30.4 Å². The molecule has 1 aromatic carbocycles. The van der Waals surface area contributed by atoms with Gasteiger partial charge in [-0.1, -0.05) is 82.7 Å². The average molecular weight is 477 g/mol. The van der Waals surface area contributed by atoms with E-state index < -0.39 is 0 Å². The molecule has 0 bridgehead atoms. The van der Waals surface area contributed by atoms with Gasteiger partial charge >= 0.3 is 0 Å². The summed E-state index contributed by atoms with van der Waals surface area (Å²) >= 11 is 6.09. The maximum Gasteiger partial charge on any atom is 0.212 e. The van der Waals surface area contributed by atoms with E-state index in [4.69, 9.17) is 16.3 Å². The summed E-state index contributed by atoms with van der Waals surface area (Å²) in [6.07, 6.45) is 9.93. The number of benzene rings is 1. The summed E-state index contributed by atoms with van der Waals surface area (Å²) in [6.45, 7) is 10.8. The minimum absolute atomic E-state index is 0.384. The molecule has 2 N–H and O–H groups in total. The molecule has 184 valence electrons. The fourth-order valence-electron chi connectivity index (χ4n) is 4.00. The summed E-state index contributed by atoms with van der Waals surface area (Å²) < 4.78 is 6.27. The second kappa shape index (κ2) is 14.9. The molecule has 6 nitrogen and oxygen atoms in total. The maximum absolute atomic E-state index is 11.3. The van der Waals surface area contributed by atoms with Gasteiger partial charge in [0.1, 0.15) is 11.5 Å². The molecule has 33 heavy (non-hydrogen) atoms. The Hall–Kier alpha value is -2.18. The number of nitrogens with one attached hydrogen (secondary N) is 2. The van der Waals surface area contributed by atoms with Crippen LogP contribution in [0.25, 0.3) is 0 Å². The van der Waals surface area contributed by atoms with E-state index in [1.807, 2.05) is 31.3 Å². The predicted octanol–water partition coefficient (Wildman–Crippen LogP) is 5.57. The lowest BCUT2D eigenvalue weighted by atomic mass is 10.1. The maximum atomic E-state index is 11.3. The predicted molar refractivity (Wildman–Crippen MR) is 136 cm³/mol. The normalized spacial score (nSPS) is 15.5. The highest BCUT2D eigenvalue weighted by atomic mass is 35.5. The second-order valence-corrected chi connectivity index (χ2v) is 9.03. The Morgan fingerprint density at radius 2 is 1.82 bits per heavy atom. The third kappa shape index (κ3) is 8.59. The van der Waals surface area contributed by atoms with E-state index in [2.05, 4.69) is 40.9 Å². The summed E-state index contributed by atoms with van der Waals surface area (Å²) in [6, 6.07) is 7.80. The lowest BCUT2D eigenvalue weighted by molar-refractivity contribution is -0.109. The summed E-state index contributed by atoms with van der Waals surface area (Å²) in [7, 11) is 2.02. The first-order valence-electron chi connectivity index (χ1n) is 12.3. The Labute approximate surface area is 205 Å². The van der Waals surface area contributed by atoms with E-state index in [1.54, 1.807) is 0 Å². The highest BCUT2D eigenvalue weighted by Crippen LogP contribution is 2.29. The molecule has 0 aromatic heterocycles. The van der Waals surface area contributed by atoms with Crippen LogP contribution in [0.5, 0.6) is 0 Å². The van der Waals surface area contributed by atoms with Gasteiger partial charge < -0.3 is 25.2 Å². The minimum atomic E-state index is -0.384. The highest BCUT2D eigenvalue weighted by molar-refractivity contribution is 6.30. The van der Waals surface area contributed by atoms with Crippen LogP contribution in [0.2, 0.25) is 5.02 Å². The fourth-order valence-corrected chi connectivity index (χ4v) is 4.12. The van der Waals surface area contributed by atoms with Crippen molar-refractivity contribution in [3.63, 3.8) is 0 Å². The van der Waals surface area contributed by atoms with Crippen molar-refractivity contribution in [1.82, 2.24) is 20.4 Å². The lowest BCUT2D eigenvalue weighted by Crippen LogP contribution is -2.41. The number of nitrogens with zero attached hydrogens (tertiary/aromatic N) is 2. The molecule has 0 saturated heterocycles. The van der Waals surface area contributed by atoms with Crippen LogP contribution < -0.4 is 10.6 Å². The van der Waals surface area contributed by atoms with Crippen LogP contribution in [0, 0.1) is 0 Å². The molecule has 1 aliphatic rings. The molecule has 0 fully saturated rings. The fraction of sp³-hybridized carbons (Fsp3) is 0.577. The number of rotatable bonds is 17. The van der Waals surface area contributed by atoms with Crippen molar-refractivity contribution in [3.05, 3.63) is 58.6 Å². The Morgan fingerprint density at radius 3 is 2.45 bits per heavy atom. The molecular formula is C26H41ClN4O2. The van der Waals surface area contributed by atoms with Crippen LogP contribution in [-0.2, 0) is 16.1 Å². The van der Waals surface area contributed by atoms with Gasteiger partial charge in [-0.05, 0) is 30.5 Å². The van der Waals surface area contributed by atoms with Gasteiger partial charge in [-0.2, -0.15) is 0 Å². The van der Waals surface area contributed by atoms with E-state index in [-0.39, 0.29) is 6.35 Å². The van der Waals surface area contributed by atoms with E-state index in [9.17, 15) is 4.79 Å². The number of amides is 1. The summed E-state index contributed by atoms with van der Waals surface area (Å²) in [5.41, 5.74) is 2.78. The number of hydrogen-bond acceptors (Lipinski definition) is 5. The van der Waals surface area contributed by atoms with Crippen molar-refractivity contribution in [2.75, 3.05) is 20.2 Å². The Kier molecular flexibility index (Phi) is 12.2. The van der Waals surface area contributed by atoms with Crippen LogP contribution >= 0.6 is 11.6 Å². The van der Waals surface area contributed by atoms with Gasteiger partial charge in [0.25, 0.3) is 0 Å². The number of halogens is 1. The number of carbonyl (C=O) groups excluding carboxylic acids is 1. The third-order valence-electron chi connectivity index (χ3n) is 5.86. The minimum Gasteiger partial charge on any atom is -0.373 e. The number of carbonyl (C=O) groups is 1. The molecule has 1 atom stereocenters. The summed E-state index contributed by atoms with van der Waals surface area (Å²) in [5, 5.41) is 6.87. The first-order valence-corrected chi connectivity index (χ1v) is 12.6. The standard InChI is InChI=1S/C26H41ClN4O2/c1-5-7-8-9-10-11-12-18-33-26-29-25(28-20-32)24(21(3)30(4)17-6-2)31(26)19-22-13-15-23(27)16-14-22/h13-16,20,26,29H,3,5-12,17-19H2,1-2,4H3,(H,28,32). The molecule has 0 spiro atoms. The zero-order valence-electron chi connectivity index (χ0n) is 20.5. The second-order valence-electron chi connectivity index (χ2n) is 8.60. The Balaban J connectivity index is 2.11. The molecule has 2 rings (SSSR count). The van der Waals surface area contributed by atoms with Gasteiger partial charge in [-0.15, -0.1) is 0 Å². The molecule has 0 radical (unpaired) electrons. The number of unbranched alkanes of at least 4 members (excludes halogenated alkanes) is 6. The Morgan fingerprint density at radius 1 is 1.15 bits per heavy atom. The molecule has 0 saturated carbocycles. The Bertz CT molecular complexity index is 766. The molecule has 1 aliphatic heterocycles. The molecule has 1 amide bonds. The van der Waals surface area contributed by atoms with Crippen molar-refractivity contribution < 1.29 is 9.53 Å². The molecular weight excluding hydrogens is 436 g/mol. The molecule has 1 heterocycles. The monoisotopic (exact) mass is 476 g/mol. The zero-order valence-corrected chi connectivity index (χ0v) is 21.3.